The fraction of sp³-hybridized carbons (Fsp3) is 0.643. The summed E-state index contributed by atoms with van der Waals surface area (Å²) >= 11 is 1.75. The van der Waals surface area contributed by atoms with E-state index in [1.807, 2.05) is 0 Å². The summed E-state index contributed by atoms with van der Waals surface area (Å²) in [6.45, 7) is 4.55. The smallest absolute Gasteiger partial charge is 0.0875 e. The van der Waals surface area contributed by atoms with Crippen LogP contribution in [0.4, 0.5) is 0 Å². The molecule has 0 fully saturated rings. The van der Waals surface area contributed by atoms with Crippen molar-refractivity contribution < 1.29 is 4.52 Å². The second-order valence-electron chi connectivity index (χ2n) is 5.37. The van der Waals surface area contributed by atoms with Gasteiger partial charge in [-0.1, -0.05) is 29.9 Å². The fourth-order valence-corrected chi connectivity index (χ4v) is 3.57. The molecule has 3 nitrogen and oxygen atoms in total. The highest BCUT2D eigenvalue weighted by atomic mass is 32.1. The maximum Gasteiger partial charge on any atom is 0.409 e. The fourth-order valence-electron chi connectivity index (χ4n) is 2.65. The first-order chi connectivity index (χ1) is 8.78. The van der Waals surface area contributed by atoms with Crippen LogP contribution in [0.2, 0.25) is 0 Å². The van der Waals surface area contributed by atoms with Crippen molar-refractivity contribution in [2.45, 2.75) is 52.4 Å². The van der Waals surface area contributed by atoms with Gasteiger partial charge in [0.2, 0.25) is 0 Å². The van der Waals surface area contributed by atoms with Crippen LogP contribution < -0.4 is 4.52 Å². The van der Waals surface area contributed by atoms with Gasteiger partial charge in [0.15, 0.2) is 0 Å². The van der Waals surface area contributed by atoms with Crippen LogP contribution >= 0.6 is 11.3 Å². The molecule has 1 aliphatic carbocycles. The van der Waals surface area contributed by atoms with Gasteiger partial charge in [0, 0.05) is 18.4 Å². The Hall–Kier alpha value is -1.03. The third-order valence-electron chi connectivity index (χ3n) is 3.75. The zero-order valence-corrected chi connectivity index (χ0v) is 12.0. The highest BCUT2D eigenvalue weighted by molar-refractivity contribution is 7.16. The summed E-state index contributed by atoms with van der Waals surface area (Å²) in [4.78, 5) is 5.64. The largest absolute Gasteiger partial charge is 0.409 e. The highest BCUT2D eigenvalue weighted by Gasteiger charge is 2.25. The topological polar surface area (TPSA) is 29.9 Å². The van der Waals surface area contributed by atoms with Crippen molar-refractivity contribution >= 4 is 16.3 Å². The van der Waals surface area contributed by atoms with E-state index < -0.39 is 0 Å². The molecule has 0 spiro atoms. The molecule has 2 heterocycles. The molecule has 0 N–H and O–H groups in total. The van der Waals surface area contributed by atoms with E-state index >= 15 is 0 Å². The van der Waals surface area contributed by atoms with Gasteiger partial charge in [-0.25, -0.2) is 0 Å². The van der Waals surface area contributed by atoms with Gasteiger partial charge < -0.3 is 0 Å². The maximum atomic E-state index is 4.76. The number of nitrogens with zero attached hydrogens (tertiary/aromatic N) is 3. The third kappa shape index (κ3) is 2.14. The standard InChI is InChI=1S/C14H20N3S/c1-3-4-5-13-16-17-12-7-6-10(2)8-11(12)9-15-14(17)18-13/h9-10H,3-8H2,1-2H3/q+1/t10-/m1/s1. The first-order valence-electron chi connectivity index (χ1n) is 6.96. The minimum absolute atomic E-state index is 0.788. The van der Waals surface area contributed by atoms with Crippen LogP contribution in [0.15, 0.2) is 6.20 Å². The van der Waals surface area contributed by atoms with Crippen molar-refractivity contribution in [1.29, 1.82) is 0 Å². The number of rotatable bonds is 3. The van der Waals surface area contributed by atoms with E-state index in [0.717, 1.165) is 30.1 Å². The van der Waals surface area contributed by atoms with Crippen LogP contribution in [-0.4, -0.2) is 10.1 Å². The number of unbranched alkanes of at least 4 members (excludes halogenated alkanes) is 1. The first-order valence-corrected chi connectivity index (χ1v) is 7.78. The second-order valence-corrected chi connectivity index (χ2v) is 6.41. The number of aromatic nitrogens is 3. The van der Waals surface area contributed by atoms with E-state index in [1.165, 1.54) is 35.5 Å². The van der Waals surface area contributed by atoms with Gasteiger partial charge in [0.05, 0.1) is 0 Å². The van der Waals surface area contributed by atoms with Gasteiger partial charge in [0.1, 0.15) is 16.9 Å². The molecule has 0 amide bonds. The number of aryl methyl sites for hydroxylation is 2. The molecule has 0 radical (unpaired) electrons. The molecular weight excluding hydrogens is 242 g/mol. The molecule has 0 aromatic carbocycles. The summed E-state index contributed by atoms with van der Waals surface area (Å²) in [5.41, 5.74) is 2.80. The summed E-state index contributed by atoms with van der Waals surface area (Å²) in [6, 6.07) is 0. The van der Waals surface area contributed by atoms with E-state index in [4.69, 9.17) is 5.10 Å². The first kappa shape index (κ1) is 12.0. The molecule has 18 heavy (non-hydrogen) atoms. The zero-order chi connectivity index (χ0) is 12.5. The Morgan fingerprint density at radius 2 is 2.39 bits per heavy atom. The molecule has 0 bridgehead atoms. The summed E-state index contributed by atoms with van der Waals surface area (Å²) in [5.74, 6) is 0.788. The lowest BCUT2D eigenvalue weighted by Gasteiger charge is -2.16. The molecule has 4 heteroatoms. The summed E-state index contributed by atoms with van der Waals surface area (Å²) in [5, 5.41) is 5.99. The molecule has 0 aliphatic heterocycles. The van der Waals surface area contributed by atoms with Crippen LogP contribution in [0.1, 0.15) is 49.4 Å². The summed E-state index contributed by atoms with van der Waals surface area (Å²) in [6.07, 6.45) is 9.20. The predicted molar refractivity (Wildman–Crippen MR) is 72.9 cm³/mol. The molecule has 3 rings (SSSR count). The molecular formula is C14H20N3S+. The minimum Gasteiger partial charge on any atom is -0.0875 e. The molecule has 0 saturated heterocycles. The van der Waals surface area contributed by atoms with E-state index in [9.17, 15) is 0 Å². The predicted octanol–water partition coefficient (Wildman–Crippen LogP) is 2.74. The Kier molecular flexibility index (Phi) is 3.29. The summed E-state index contributed by atoms with van der Waals surface area (Å²) < 4.78 is 2.11. The lowest BCUT2D eigenvalue weighted by molar-refractivity contribution is -0.588. The Morgan fingerprint density at radius 1 is 1.50 bits per heavy atom. The van der Waals surface area contributed by atoms with Gasteiger partial charge in [-0.05, 0) is 41.5 Å². The third-order valence-corrected chi connectivity index (χ3v) is 4.73. The van der Waals surface area contributed by atoms with Crippen LogP contribution in [0.3, 0.4) is 0 Å². The summed E-state index contributed by atoms with van der Waals surface area (Å²) in [7, 11) is 0. The van der Waals surface area contributed by atoms with Crippen molar-refractivity contribution in [3.05, 3.63) is 22.5 Å². The number of hydrogen-bond donors (Lipinski definition) is 0. The highest BCUT2D eigenvalue weighted by Crippen LogP contribution is 2.23. The van der Waals surface area contributed by atoms with E-state index in [0.29, 0.717) is 0 Å². The molecule has 0 unspecified atom stereocenters. The number of fused-ring (bicyclic) bond motifs is 3. The number of hydrogen-bond acceptors (Lipinski definition) is 3. The maximum absolute atomic E-state index is 4.76. The quantitative estimate of drug-likeness (QED) is 0.796. The van der Waals surface area contributed by atoms with Crippen LogP contribution in [0.25, 0.3) is 4.96 Å². The van der Waals surface area contributed by atoms with Crippen LogP contribution in [0.5, 0.6) is 0 Å². The molecule has 0 saturated carbocycles. The Labute approximate surface area is 112 Å². The molecule has 2 aromatic heterocycles. The lowest BCUT2D eigenvalue weighted by atomic mass is 9.89. The second kappa shape index (κ2) is 4.92. The van der Waals surface area contributed by atoms with Crippen molar-refractivity contribution in [3.8, 4) is 0 Å². The van der Waals surface area contributed by atoms with Crippen molar-refractivity contribution in [2.75, 3.05) is 0 Å². The monoisotopic (exact) mass is 262 g/mol. The minimum atomic E-state index is 0.788. The SMILES string of the molecule is CCCCc1n[n+]2c3c(cnc2s1)C[C@H](C)CC3. The van der Waals surface area contributed by atoms with Gasteiger partial charge in [-0.15, -0.1) is 0 Å². The molecule has 1 atom stereocenters. The Balaban J connectivity index is 2.00. The molecule has 1 aliphatic rings. The van der Waals surface area contributed by atoms with Gasteiger partial charge >= 0.3 is 4.96 Å². The zero-order valence-electron chi connectivity index (χ0n) is 11.1. The lowest BCUT2D eigenvalue weighted by Crippen LogP contribution is -2.34. The average Bonchev–Trinajstić information content (AvgIpc) is 2.79. The molecule has 96 valence electrons. The van der Waals surface area contributed by atoms with E-state index in [-0.39, 0.29) is 0 Å². The van der Waals surface area contributed by atoms with Gasteiger partial charge in [0.25, 0.3) is 0 Å². The van der Waals surface area contributed by atoms with Crippen LogP contribution in [-0.2, 0) is 19.3 Å². The van der Waals surface area contributed by atoms with Gasteiger partial charge in [-0.2, -0.15) is 0 Å². The van der Waals surface area contributed by atoms with Crippen molar-refractivity contribution in [3.63, 3.8) is 0 Å². The normalized spacial score (nSPS) is 19.1. The Bertz CT molecular complexity index is 561. The van der Waals surface area contributed by atoms with Crippen LogP contribution in [0, 0.1) is 5.92 Å². The average molecular weight is 262 g/mol. The van der Waals surface area contributed by atoms with E-state index in [1.54, 1.807) is 11.3 Å². The molecule has 2 aromatic rings. The van der Waals surface area contributed by atoms with Crippen molar-refractivity contribution in [1.82, 2.24) is 10.1 Å². The van der Waals surface area contributed by atoms with Crippen molar-refractivity contribution in [2.24, 2.45) is 5.92 Å². The Morgan fingerprint density at radius 3 is 3.22 bits per heavy atom. The van der Waals surface area contributed by atoms with E-state index in [2.05, 4.69) is 29.5 Å². The van der Waals surface area contributed by atoms with Gasteiger partial charge in [-0.3, -0.25) is 0 Å².